The fraction of sp³-hybridized carbons (Fsp3) is 0.625. The van der Waals surface area contributed by atoms with Gasteiger partial charge in [-0.2, -0.15) is 0 Å². The molecule has 1 aromatic carbocycles. The van der Waals surface area contributed by atoms with Crippen molar-refractivity contribution in [2.45, 2.75) is 27.3 Å². The van der Waals surface area contributed by atoms with Crippen molar-refractivity contribution < 1.29 is 0 Å². The zero-order chi connectivity index (χ0) is 14.3. The number of piperazine rings is 1. The van der Waals surface area contributed by atoms with E-state index in [1.807, 2.05) is 13.8 Å². The second-order valence-corrected chi connectivity index (χ2v) is 5.11. The standard InChI is InChI=1S/C14H23N3.C2H6/c1-12-4-5-14(13(10-12)11-16(2)3)17-8-6-15-7-9-17;1-2/h4-5,10,15H,6-9,11H2,1-3H3;1-2H3. The van der Waals surface area contributed by atoms with Gasteiger partial charge in [0, 0.05) is 38.4 Å². The lowest BCUT2D eigenvalue weighted by molar-refractivity contribution is 0.402. The van der Waals surface area contributed by atoms with Crippen LogP contribution in [0.25, 0.3) is 0 Å². The summed E-state index contributed by atoms with van der Waals surface area (Å²) >= 11 is 0. The first kappa shape index (κ1) is 16.0. The summed E-state index contributed by atoms with van der Waals surface area (Å²) in [4.78, 5) is 4.73. The maximum Gasteiger partial charge on any atom is 0.0412 e. The summed E-state index contributed by atoms with van der Waals surface area (Å²) < 4.78 is 0. The molecule has 1 N–H and O–H groups in total. The van der Waals surface area contributed by atoms with Crippen LogP contribution in [0.5, 0.6) is 0 Å². The van der Waals surface area contributed by atoms with Crippen molar-refractivity contribution >= 4 is 5.69 Å². The molecule has 19 heavy (non-hydrogen) atoms. The Balaban J connectivity index is 0.000000861. The predicted molar refractivity (Wildman–Crippen MR) is 85.0 cm³/mol. The van der Waals surface area contributed by atoms with Crippen molar-refractivity contribution in [2.75, 3.05) is 45.2 Å². The molecule has 0 spiro atoms. The van der Waals surface area contributed by atoms with Gasteiger partial charge in [0.2, 0.25) is 0 Å². The van der Waals surface area contributed by atoms with E-state index in [1.165, 1.54) is 16.8 Å². The smallest absolute Gasteiger partial charge is 0.0412 e. The summed E-state index contributed by atoms with van der Waals surface area (Å²) in [5, 5.41) is 3.40. The zero-order valence-corrected chi connectivity index (χ0v) is 13.2. The average Bonchev–Trinajstić information content (AvgIpc) is 2.41. The molecule has 1 heterocycles. The molecular weight excluding hydrogens is 234 g/mol. The van der Waals surface area contributed by atoms with Gasteiger partial charge in [0.25, 0.3) is 0 Å². The van der Waals surface area contributed by atoms with Gasteiger partial charge in [-0.3, -0.25) is 0 Å². The van der Waals surface area contributed by atoms with Gasteiger partial charge >= 0.3 is 0 Å². The summed E-state index contributed by atoms with van der Waals surface area (Å²) in [5.74, 6) is 0. The summed E-state index contributed by atoms with van der Waals surface area (Å²) in [5.41, 5.74) is 4.20. The van der Waals surface area contributed by atoms with Crippen LogP contribution in [0.2, 0.25) is 0 Å². The van der Waals surface area contributed by atoms with Crippen molar-refractivity contribution in [1.82, 2.24) is 10.2 Å². The number of anilines is 1. The quantitative estimate of drug-likeness (QED) is 0.904. The van der Waals surface area contributed by atoms with E-state index in [0.29, 0.717) is 0 Å². The first-order valence-corrected chi connectivity index (χ1v) is 7.37. The molecule has 0 aromatic heterocycles. The predicted octanol–water partition coefficient (Wildman–Crippen LogP) is 2.49. The van der Waals surface area contributed by atoms with Gasteiger partial charge in [-0.05, 0) is 32.6 Å². The Labute approximate surface area is 118 Å². The fourth-order valence-corrected chi connectivity index (χ4v) is 2.40. The second kappa shape index (κ2) is 8.18. The Morgan fingerprint density at radius 1 is 1.16 bits per heavy atom. The van der Waals surface area contributed by atoms with Crippen LogP contribution >= 0.6 is 0 Å². The van der Waals surface area contributed by atoms with Crippen molar-refractivity contribution in [3.8, 4) is 0 Å². The molecule has 0 saturated carbocycles. The molecule has 0 aliphatic carbocycles. The van der Waals surface area contributed by atoms with E-state index in [9.17, 15) is 0 Å². The SMILES string of the molecule is CC.Cc1ccc(N2CCNCC2)c(CN(C)C)c1. The van der Waals surface area contributed by atoms with Crippen LogP contribution in [-0.2, 0) is 6.54 Å². The van der Waals surface area contributed by atoms with Gasteiger partial charge < -0.3 is 15.1 Å². The highest BCUT2D eigenvalue weighted by atomic mass is 15.2. The molecule has 0 amide bonds. The molecule has 108 valence electrons. The molecule has 3 heteroatoms. The van der Waals surface area contributed by atoms with Crippen molar-refractivity contribution in [3.05, 3.63) is 29.3 Å². The first-order valence-electron chi connectivity index (χ1n) is 7.37. The van der Waals surface area contributed by atoms with Crippen LogP contribution < -0.4 is 10.2 Å². The van der Waals surface area contributed by atoms with E-state index in [-0.39, 0.29) is 0 Å². The highest BCUT2D eigenvalue weighted by Gasteiger charge is 2.14. The number of nitrogens with one attached hydrogen (secondary N) is 1. The highest BCUT2D eigenvalue weighted by Crippen LogP contribution is 2.23. The molecule has 0 atom stereocenters. The largest absolute Gasteiger partial charge is 0.369 e. The topological polar surface area (TPSA) is 18.5 Å². The molecule has 3 nitrogen and oxygen atoms in total. The Kier molecular flexibility index (Phi) is 6.89. The van der Waals surface area contributed by atoms with Crippen LogP contribution in [-0.4, -0.2) is 45.2 Å². The summed E-state index contributed by atoms with van der Waals surface area (Å²) in [6, 6.07) is 6.81. The monoisotopic (exact) mass is 263 g/mol. The Bertz CT molecular complexity index is 368. The molecule has 1 saturated heterocycles. The van der Waals surface area contributed by atoms with Gasteiger partial charge in [0.15, 0.2) is 0 Å². The first-order chi connectivity index (χ1) is 9.16. The molecular formula is C16H29N3. The van der Waals surface area contributed by atoms with Gasteiger partial charge in [-0.25, -0.2) is 0 Å². The maximum atomic E-state index is 3.40. The summed E-state index contributed by atoms with van der Waals surface area (Å²) in [6.45, 7) is 11.6. The van der Waals surface area contributed by atoms with Gasteiger partial charge in [0.05, 0.1) is 0 Å². The van der Waals surface area contributed by atoms with Gasteiger partial charge in [-0.15, -0.1) is 0 Å². The molecule has 0 radical (unpaired) electrons. The number of aryl methyl sites for hydroxylation is 1. The van der Waals surface area contributed by atoms with Crippen LogP contribution in [0.1, 0.15) is 25.0 Å². The lowest BCUT2D eigenvalue weighted by Crippen LogP contribution is -2.44. The Morgan fingerprint density at radius 3 is 2.37 bits per heavy atom. The summed E-state index contributed by atoms with van der Waals surface area (Å²) in [6.07, 6.45) is 0. The normalized spacial score (nSPS) is 15.2. The van der Waals surface area contributed by atoms with Crippen LogP contribution in [0.15, 0.2) is 18.2 Å². The van der Waals surface area contributed by atoms with Crippen LogP contribution in [0.3, 0.4) is 0 Å². The summed E-state index contributed by atoms with van der Waals surface area (Å²) in [7, 11) is 4.26. The van der Waals surface area contributed by atoms with Crippen LogP contribution in [0.4, 0.5) is 5.69 Å². The van der Waals surface area contributed by atoms with Crippen LogP contribution in [0, 0.1) is 6.92 Å². The molecule has 2 rings (SSSR count). The third-order valence-corrected chi connectivity index (χ3v) is 3.18. The molecule has 0 bridgehead atoms. The molecule has 1 fully saturated rings. The Morgan fingerprint density at radius 2 is 1.79 bits per heavy atom. The highest BCUT2D eigenvalue weighted by molar-refractivity contribution is 5.55. The lowest BCUT2D eigenvalue weighted by Gasteiger charge is -2.32. The maximum absolute atomic E-state index is 3.40. The zero-order valence-electron chi connectivity index (χ0n) is 13.2. The van der Waals surface area contributed by atoms with Crippen molar-refractivity contribution in [1.29, 1.82) is 0 Å². The van der Waals surface area contributed by atoms with Crippen molar-refractivity contribution in [2.24, 2.45) is 0 Å². The molecule has 1 aliphatic rings. The number of nitrogens with zero attached hydrogens (tertiary/aromatic N) is 2. The minimum atomic E-state index is 1.01. The Hall–Kier alpha value is -1.06. The number of benzene rings is 1. The van der Waals surface area contributed by atoms with Crippen molar-refractivity contribution in [3.63, 3.8) is 0 Å². The van der Waals surface area contributed by atoms with E-state index in [4.69, 9.17) is 0 Å². The number of hydrogen-bond donors (Lipinski definition) is 1. The van der Waals surface area contributed by atoms with Gasteiger partial charge in [0.1, 0.15) is 0 Å². The second-order valence-electron chi connectivity index (χ2n) is 5.11. The third kappa shape index (κ3) is 4.84. The lowest BCUT2D eigenvalue weighted by atomic mass is 10.1. The van der Waals surface area contributed by atoms with E-state index in [1.54, 1.807) is 0 Å². The minimum Gasteiger partial charge on any atom is -0.369 e. The van der Waals surface area contributed by atoms with E-state index >= 15 is 0 Å². The minimum absolute atomic E-state index is 1.01. The number of rotatable bonds is 3. The average molecular weight is 263 g/mol. The fourth-order valence-electron chi connectivity index (χ4n) is 2.40. The molecule has 1 aromatic rings. The van der Waals surface area contributed by atoms with E-state index < -0.39 is 0 Å². The third-order valence-electron chi connectivity index (χ3n) is 3.18. The number of hydrogen-bond acceptors (Lipinski definition) is 3. The van der Waals surface area contributed by atoms with E-state index in [0.717, 1.165) is 32.7 Å². The molecule has 1 aliphatic heterocycles. The van der Waals surface area contributed by atoms with Gasteiger partial charge in [-0.1, -0.05) is 31.5 Å². The molecule has 0 unspecified atom stereocenters. The van der Waals surface area contributed by atoms with E-state index in [2.05, 4.69) is 54.3 Å².